The Morgan fingerprint density at radius 3 is 2.62 bits per heavy atom. The Hall–Kier alpha value is -1.20. The van der Waals surface area contributed by atoms with Crippen molar-refractivity contribution >= 4 is 5.95 Å². The van der Waals surface area contributed by atoms with Gasteiger partial charge in [0.05, 0.1) is 0 Å². The SMILES string of the molecule is CCCNCc1cnc(N2CCC(N(C)C)CC2)nc1C. The van der Waals surface area contributed by atoms with Crippen LogP contribution in [0.5, 0.6) is 0 Å². The number of nitrogens with zero attached hydrogens (tertiary/aromatic N) is 4. The van der Waals surface area contributed by atoms with Gasteiger partial charge in [0.25, 0.3) is 0 Å². The number of piperidine rings is 1. The topological polar surface area (TPSA) is 44.3 Å². The largest absolute Gasteiger partial charge is 0.341 e. The van der Waals surface area contributed by atoms with Crippen molar-refractivity contribution in [3.63, 3.8) is 0 Å². The molecule has 2 heterocycles. The molecule has 1 aromatic rings. The third-order valence-corrected chi connectivity index (χ3v) is 4.29. The molecule has 0 unspecified atom stereocenters. The van der Waals surface area contributed by atoms with Crippen LogP contribution < -0.4 is 10.2 Å². The monoisotopic (exact) mass is 291 g/mol. The molecule has 0 atom stereocenters. The first kappa shape index (κ1) is 16.2. The summed E-state index contributed by atoms with van der Waals surface area (Å²) in [5.74, 6) is 0.893. The van der Waals surface area contributed by atoms with Crippen molar-refractivity contribution in [2.45, 2.75) is 45.7 Å². The Kier molecular flexibility index (Phi) is 5.94. The molecule has 0 amide bonds. The van der Waals surface area contributed by atoms with Gasteiger partial charge in [0.15, 0.2) is 0 Å². The van der Waals surface area contributed by atoms with Crippen LogP contribution in [0.4, 0.5) is 5.95 Å². The van der Waals surface area contributed by atoms with Crippen LogP contribution in [0.1, 0.15) is 37.4 Å². The first-order valence-electron chi connectivity index (χ1n) is 8.06. The highest BCUT2D eigenvalue weighted by atomic mass is 15.3. The molecule has 1 aromatic heterocycles. The number of hydrogen-bond acceptors (Lipinski definition) is 5. The first-order valence-corrected chi connectivity index (χ1v) is 8.06. The first-order chi connectivity index (χ1) is 10.1. The highest BCUT2D eigenvalue weighted by Gasteiger charge is 2.22. The highest BCUT2D eigenvalue weighted by molar-refractivity contribution is 5.33. The second kappa shape index (κ2) is 7.71. The molecule has 1 N–H and O–H groups in total. The van der Waals surface area contributed by atoms with Crippen LogP contribution in [0.2, 0.25) is 0 Å². The van der Waals surface area contributed by atoms with E-state index in [1.807, 2.05) is 6.20 Å². The molecular formula is C16H29N5. The molecule has 21 heavy (non-hydrogen) atoms. The maximum atomic E-state index is 4.71. The number of rotatable bonds is 6. The molecule has 0 spiro atoms. The van der Waals surface area contributed by atoms with E-state index in [1.165, 1.54) is 18.4 Å². The molecule has 0 radical (unpaired) electrons. The number of aromatic nitrogens is 2. The summed E-state index contributed by atoms with van der Waals surface area (Å²) in [6.45, 7) is 8.27. The predicted octanol–water partition coefficient (Wildman–Crippen LogP) is 1.82. The number of aryl methyl sites for hydroxylation is 1. The summed E-state index contributed by atoms with van der Waals surface area (Å²) in [7, 11) is 4.33. The summed E-state index contributed by atoms with van der Waals surface area (Å²) >= 11 is 0. The zero-order valence-electron chi connectivity index (χ0n) is 13.9. The molecule has 0 saturated carbocycles. The lowest BCUT2D eigenvalue weighted by molar-refractivity contribution is 0.249. The van der Waals surface area contributed by atoms with Crippen molar-refractivity contribution in [2.75, 3.05) is 38.6 Å². The Morgan fingerprint density at radius 1 is 1.33 bits per heavy atom. The van der Waals surface area contributed by atoms with E-state index in [0.717, 1.165) is 44.2 Å². The fourth-order valence-corrected chi connectivity index (χ4v) is 2.79. The van der Waals surface area contributed by atoms with Gasteiger partial charge in [-0.3, -0.25) is 0 Å². The molecule has 1 fully saturated rings. The lowest BCUT2D eigenvalue weighted by Crippen LogP contribution is -2.42. The number of hydrogen-bond donors (Lipinski definition) is 1. The van der Waals surface area contributed by atoms with Crippen LogP contribution in [-0.2, 0) is 6.54 Å². The Morgan fingerprint density at radius 2 is 2.05 bits per heavy atom. The van der Waals surface area contributed by atoms with Crippen LogP contribution >= 0.6 is 0 Å². The second-order valence-corrected chi connectivity index (χ2v) is 6.14. The molecule has 1 aliphatic heterocycles. The molecule has 118 valence electrons. The van der Waals surface area contributed by atoms with Gasteiger partial charge in [0, 0.05) is 43.1 Å². The van der Waals surface area contributed by atoms with Gasteiger partial charge in [0.2, 0.25) is 5.95 Å². The summed E-state index contributed by atoms with van der Waals surface area (Å²) in [5.41, 5.74) is 2.30. The van der Waals surface area contributed by atoms with E-state index < -0.39 is 0 Å². The molecular weight excluding hydrogens is 262 g/mol. The molecule has 0 bridgehead atoms. The van der Waals surface area contributed by atoms with E-state index in [9.17, 15) is 0 Å². The van der Waals surface area contributed by atoms with Gasteiger partial charge in [-0.25, -0.2) is 9.97 Å². The van der Waals surface area contributed by atoms with Gasteiger partial charge in [-0.15, -0.1) is 0 Å². The zero-order chi connectivity index (χ0) is 15.2. The van der Waals surface area contributed by atoms with E-state index in [2.05, 4.69) is 48.0 Å². The quantitative estimate of drug-likeness (QED) is 0.810. The predicted molar refractivity (Wildman–Crippen MR) is 87.7 cm³/mol. The van der Waals surface area contributed by atoms with E-state index in [-0.39, 0.29) is 0 Å². The minimum absolute atomic E-state index is 0.694. The van der Waals surface area contributed by atoms with Gasteiger partial charge >= 0.3 is 0 Å². The van der Waals surface area contributed by atoms with Gasteiger partial charge in [-0.1, -0.05) is 6.92 Å². The summed E-state index contributed by atoms with van der Waals surface area (Å²) in [5, 5.41) is 3.41. The number of nitrogens with one attached hydrogen (secondary N) is 1. The third-order valence-electron chi connectivity index (χ3n) is 4.29. The van der Waals surface area contributed by atoms with E-state index in [1.54, 1.807) is 0 Å². The normalized spacial score (nSPS) is 16.7. The fourth-order valence-electron chi connectivity index (χ4n) is 2.79. The lowest BCUT2D eigenvalue weighted by Gasteiger charge is -2.35. The third kappa shape index (κ3) is 4.38. The Bertz CT molecular complexity index is 438. The van der Waals surface area contributed by atoms with E-state index in [0.29, 0.717) is 6.04 Å². The van der Waals surface area contributed by atoms with Crippen LogP contribution in [0, 0.1) is 6.92 Å². The molecule has 1 saturated heterocycles. The van der Waals surface area contributed by atoms with Crippen molar-refractivity contribution < 1.29 is 0 Å². The molecule has 1 aliphatic rings. The van der Waals surface area contributed by atoms with Gasteiger partial charge in [0.1, 0.15) is 0 Å². The Labute approximate surface area is 128 Å². The minimum atomic E-state index is 0.694. The van der Waals surface area contributed by atoms with E-state index >= 15 is 0 Å². The summed E-state index contributed by atoms with van der Waals surface area (Å²) in [4.78, 5) is 13.9. The van der Waals surface area contributed by atoms with Crippen molar-refractivity contribution in [1.82, 2.24) is 20.2 Å². The molecule has 2 rings (SSSR count). The van der Waals surface area contributed by atoms with Crippen molar-refractivity contribution in [3.05, 3.63) is 17.5 Å². The van der Waals surface area contributed by atoms with Crippen LogP contribution in [-0.4, -0.2) is 54.6 Å². The van der Waals surface area contributed by atoms with Gasteiger partial charge in [-0.05, 0) is 46.8 Å². The molecule has 0 aliphatic carbocycles. The fraction of sp³-hybridized carbons (Fsp3) is 0.750. The maximum absolute atomic E-state index is 4.71. The number of anilines is 1. The molecule has 5 heteroatoms. The average Bonchev–Trinajstić information content (AvgIpc) is 2.49. The summed E-state index contributed by atoms with van der Waals surface area (Å²) in [6.07, 6.45) is 5.52. The maximum Gasteiger partial charge on any atom is 0.225 e. The summed E-state index contributed by atoms with van der Waals surface area (Å²) < 4.78 is 0. The Balaban J connectivity index is 1.94. The van der Waals surface area contributed by atoms with Crippen LogP contribution in [0.25, 0.3) is 0 Å². The average molecular weight is 291 g/mol. The van der Waals surface area contributed by atoms with Crippen molar-refractivity contribution in [3.8, 4) is 0 Å². The molecule has 5 nitrogen and oxygen atoms in total. The van der Waals surface area contributed by atoms with E-state index in [4.69, 9.17) is 4.98 Å². The highest BCUT2D eigenvalue weighted by Crippen LogP contribution is 2.19. The lowest BCUT2D eigenvalue weighted by atomic mass is 10.0. The van der Waals surface area contributed by atoms with Gasteiger partial charge < -0.3 is 15.1 Å². The van der Waals surface area contributed by atoms with Crippen molar-refractivity contribution in [1.29, 1.82) is 0 Å². The van der Waals surface area contributed by atoms with Crippen LogP contribution in [0.3, 0.4) is 0 Å². The van der Waals surface area contributed by atoms with Gasteiger partial charge in [-0.2, -0.15) is 0 Å². The molecule has 0 aromatic carbocycles. The smallest absolute Gasteiger partial charge is 0.225 e. The summed E-state index contributed by atoms with van der Waals surface area (Å²) in [6, 6.07) is 0.694. The standard InChI is InChI=1S/C16H29N5/c1-5-8-17-11-14-12-18-16(19-13(14)2)21-9-6-15(7-10-21)20(3)4/h12,15,17H,5-11H2,1-4H3. The zero-order valence-corrected chi connectivity index (χ0v) is 13.9. The second-order valence-electron chi connectivity index (χ2n) is 6.14. The minimum Gasteiger partial charge on any atom is -0.341 e. The van der Waals surface area contributed by atoms with Crippen molar-refractivity contribution in [2.24, 2.45) is 0 Å². The van der Waals surface area contributed by atoms with Crippen LogP contribution in [0.15, 0.2) is 6.20 Å².